The molecular formula is C10H21ClO. The fourth-order valence-corrected chi connectivity index (χ4v) is 1.95. The Morgan fingerprint density at radius 2 is 2.00 bits per heavy atom. The van der Waals surface area contributed by atoms with Gasteiger partial charge in [0.05, 0.1) is 0 Å². The van der Waals surface area contributed by atoms with Crippen LogP contribution in [0.3, 0.4) is 0 Å². The van der Waals surface area contributed by atoms with E-state index in [-0.39, 0.29) is 0 Å². The lowest BCUT2D eigenvalue weighted by atomic mass is 9.98. The number of aliphatic hydroxyl groups is 1. The molecule has 0 aliphatic carbocycles. The number of hydrogen-bond acceptors (Lipinski definition) is 1. The van der Waals surface area contributed by atoms with Gasteiger partial charge in [-0.05, 0) is 31.6 Å². The van der Waals surface area contributed by atoms with E-state index in [0.717, 1.165) is 25.7 Å². The van der Waals surface area contributed by atoms with Crippen LogP contribution in [0.15, 0.2) is 0 Å². The second-order valence-electron chi connectivity index (χ2n) is 3.59. The molecule has 0 aromatic heterocycles. The molecule has 0 aliphatic heterocycles. The van der Waals surface area contributed by atoms with Crippen LogP contribution >= 0.6 is 11.6 Å². The number of rotatable bonds is 7. The van der Waals surface area contributed by atoms with Gasteiger partial charge in [-0.3, -0.25) is 0 Å². The normalized spacial score (nSPS) is 16.0. The van der Waals surface area contributed by atoms with Crippen molar-refractivity contribution in [2.75, 3.05) is 6.61 Å². The first kappa shape index (κ1) is 12.2. The Balaban J connectivity index is 3.33. The molecule has 0 bridgehead atoms. The first-order valence-corrected chi connectivity index (χ1v) is 5.39. The molecule has 0 saturated heterocycles. The molecule has 2 heteroatoms. The molecule has 0 heterocycles. The minimum atomic E-state index is 0.311. The van der Waals surface area contributed by atoms with Crippen molar-refractivity contribution in [1.82, 2.24) is 0 Å². The summed E-state index contributed by atoms with van der Waals surface area (Å²) in [4.78, 5) is 0. The fraction of sp³-hybridized carbons (Fsp3) is 1.00. The molecule has 1 unspecified atom stereocenters. The van der Waals surface area contributed by atoms with Crippen LogP contribution < -0.4 is 0 Å². The number of aliphatic hydroxyl groups excluding tert-OH is 1. The Morgan fingerprint density at radius 1 is 1.33 bits per heavy atom. The van der Waals surface area contributed by atoms with Crippen molar-refractivity contribution in [3.63, 3.8) is 0 Å². The van der Waals surface area contributed by atoms with E-state index in [1.165, 1.54) is 6.42 Å². The summed E-state index contributed by atoms with van der Waals surface area (Å²) in [6.07, 6.45) is 5.39. The van der Waals surface area contributed by atoms with Crippen LogP contribution in [0.25, 0.3) is 0 Å². The Hall–Kier alpha value is 0.250. The summed E-state index contributed by atoms with van der Waals surface area (Å²) in [5.74, 6) is 0.659. The van der Waals surface area contributed by atoms with Crippen molar-refractivity contribution < 1.29 is 5.11 Å². The second kappa shape index (κ2) is 7.88. The molecule has 0 spiro atoms. The second-order valence-corrected chi connectivity index (χ2v) is 4.21. The molecule has 0 aromatic rings. The molecule has 1 nitrogen and oxygen atoms in total. The molecule has 74 valence electrons. The predicted octanol–water partition coefficient (Wildman–Crippen LogP) is 3.19. The topological polar surface area (TPSA) is 20.2 Å². The molecule has 1 N–H and O–H groups in total. The highest BCUT2D eigenvalue weighted by atomic mass is 35.5. The van der Waals surface area contributed by atoms with Crippen LogP contribution in [0.1, 0.15) is 46.0 Å². The van der Waals surface area contributed by atoms with E-state index in [2.05, 4.69) is 13.8 Å². The monoisotopic (exact) mass is 192 g/mol. The van der Waals surface area contributed by atoms with Gasteiger partial charge in [-0.2, -0.15) is 0 Å². The van der Waals surface area contributed by atoms with Crippen LogP contribution in [0, 0.1) is 5.92 Å². The first-order valence-electron chi connectivity index (χ1n) is 4.95. The van der Waals surface area contributed by atoms with Gasteiger partial charge in [-0.15, -0.1) is 11.6 Å². The van der Waals surface area contributed by atoms with Gasteiger partial charge in [-0.25, -0.2) is 0 Å². The molecule has 0 aliphatic rings. The van der Waals surface area contributed by atoms with Gasteiger partial charge in [0.25, 0.3) is 0 Å². The molecule has 12 heavy (non-hydrogen) atoms. The molecule has 0 amide bonds. The van der Waals surface area contributed by atoms with E-state index < -0.39 is 0 Å². The molecule has 2 atom stereocenters. The van der Waals surface area contributed by atoms with Gasteiger partial charge >= 0.3 is 0 Å². The van der Waals surface area contributed by atoms with Crippen LogP contribution in [0.4, 0.5) is 0 Å². The van der Waals surface area contributed by atoms with Crippen molar-refractivity contribution in [3.8, 4) is 0 Å². The highest BCUT2D eigenvalue weighted by Crippen LogP contribution is 2.19. The standard InChI is InChI=1S/C10H21ClO/c1-3-5-10(11)8-9(2)6-4-7-12/h9-10,12H,3-8H2,1-2H3/t9-,10?/m1/s1. The third-order valence-corrected chi connectivity index (χ3v) is 2.51. The van der Waals surface area contributed by atoms with Crippen molar-refractivity contribution in [2.24, 2.45) is 5.92 Å². The zero-order chi connectivity index (χ0) is 9.40. The summed E-state index contributed by atoms with van der Waals surface area (Å²) >= 11 is 6.09. The average Bonchev–Trinajstić information content (AvgIpc) is 2.01. The molecule has 0 rings (SSSR count). The summed E-state index contributed by atoms with van der Waals surface area (Å²) in [6, 6.07) is 0. The summed E-state index contributed by atoms with van der Waals surface area (Å²) in [5, 5.41) is 8.96. The third-order valence-electron chi connectivity index (χ3n) is 2.12. The van der Waals surface area contributed by atoms with E-state index in [0.29, 0.717) is 17.9 Å². The number of halogens is 1. The Labute approximate surface area is 81.1 Å². The minimum absolute atomic E-state index is 0.311. The van der Waals surface area contributed by atoms with Crippen LogP contribution in [-0.2, 0) is 0 Å². The zero-order valence-electron chi connectivity index (χ0n) is 8.22. The van der Waals surface area contributed by atoms with E-state index in [9.17, 15) is 0 Å². The molecular weight excluding hydrogens is 172 g/mol. The maximum absolute atomic E-state index is 8.62. The Bertz CT molecular complexity index is 95.8. The molecule has 0 saturated carbocycles. The fourth-order valence-electron chi connectivity index (χ4n) is 1.43. The SMILES string of the molecule is CCCC(Cl)C[C@H](C)CCCO. The number of hydrogen-bond donors (Lipinski definition) is 1. The van der Waals surface area contributed by atoms with Crippen LogP contribution in [0.5, 0.6) is 0 Å². The third kappa shape index (κ3) is 6.93. The van der Waals surface area contributed by atoms with Gasteiger partial charge in [0.15, 0.2) is 0 Å². The Kier molecular flexibility index (Phi) is 8.04. The highest BCUT2D eigenvalue weighted by Gasteiger charge is 2.08. The van der Waals surface area contributed by atoms with E-state index in [1.54, 1.807) is 0 Å². The Morgan fingerprint density at radius 3 is 2.50 bits per heavy atom. The van der Waals surface area contributed by atoms with E-state index in [1.807, 2.05) is 0 Å². The van der Waals surface area contributed by atoms with Gasteiger partial charge in [0, 0.05) is 12.0 Å². The van der Waals surface area contributed by atoms with Gasteiger partial charge in [0.2, 0.25) is 0 Å². The van der Waals surface area contributed by atoms with Crippen LogP contribution in [0.2, 0.25) is 0 Å². The van der Waals surface area contributed by atoms with Crippen molar-refractivity contribution >= 4 is 11.6 Å². The maximum atomic E-state index is 8.62. The first-order chi connectivity index (χ1) is 5.70. The van der Waals surface area contributed by atoms with E-state index >= 15 is 0 Å². The summed E-state index contributed by atoms with van der Waals surface area (Å²) < 4.78 is 0. The lowest BCUT2D eigenvalue weighted by Gasteiger charge is -2.14. The quantitative estimate of drug-likeness (QED) is 0.615. The largest absolute Gasteiger partial charge is 0.396 e. The zero-order valence-corrected chi connectivity index (χ0v) is 8.98. The van der Waals surface area contributed by atoms with Gasteiger partial charge in [0.1, 0.15) is 0 Å². The lowest BCUT2D eigenvalue weighted by Crippen LogP contribution is -2.06. The van der Waals surface area contributed by atoms with Crippen LogP contribution in [-0.4, -0.2) is 17.1 Å². The van der Waals surface area contributed by atoms with E-state index in [4.69, 9.17) is 16.7 Å². The predicted molar refractivity (Wildman–Crippen MR) is 54.6 cm³/mol. The highest BCUT2D eigenvalue weighted by molar-refractivity contribution is 6.20. The van der Waals surface area contributed by atoms with Crippen molar-refractivity contribution in [3.05, 3.63) is 0 Å². The molecule has 0 radical (unpaired) electrons. The van der Waals surface area contributed by atoms with Gasteiger partial charge in [-0.1, -0.05) is 20.3 Å². The molecule has 0 aromatic carbocycles. The maximum Gasteiger partial charge on any atom is 0.0431 e. The summed E-state index contributed by atoms with van der Waals surface area (Å²) in [7, 11) is 0. The average molecular weight is 193 g/mol. The van der Waals surface area contributed by atoms with Crippen molar-refractivity contribution in [2.45, 2.75) is 51.3 Å². The summed E-state index contributed by atoms with van der Waals surface area (Å²) in [5.41, 5.74) is 0. The number of alkyl halides is 1. The molecule has 0 fully saturated rings. The smallest absolute Gasteiger partial charge is 0.0431 e. The summed E-state index contributed by atoms with van der Waals surface area (Å²) in [6.45, 7) is 4.68. The van der Waals surface area contributed by atoms with Crippen molar-refractivity contribution in [1.29, 1.82) is 0 Å². The minimum Gasteiger partial charge on any atom is -0.396 e. The van der Waals surface area contributed by atoms with Gasteiger partial charge < -0.3 is 5.11 Å². The lowest BCUT2D eigenvalue weighted by molar-refractivity contribution is 0.271.